The molecule has 3 rings (SSSR count). The van der Waals surface area contributed by atoms with Gasteiger partial charge in [-0.1, -0.05) is 25.5 Å². The number of carbonyl (C=O) groups excluding carboxylic acids is 2. The summed E-state index contributed by atoms with van der Waals surface area (Å²) < 4.78 is 15.2. The third-order valence-electron chi connectivity index (χ3n) is 6.81. The predicted octanol–water partition coefficient (Wildman–Crippen LogP) is 4.12. The van der Waals surface area contributed by atoms with Crippen molar-refractivity contribution in [1.29, 1.82) is 5.26 Å². The molecule has 2 unspecified atom stereocenters. The van der Waals surface area contributed by atoms with Gasteiger partial charge >= 0.3 is 0 Å². The summed E-state index contributed by atoms with van der Waals surface area (Å²) in [6.07, 6.45) is 3.64. The molecule has 1 aromatic heterocycles. The van der Waals surface area contributed by atoms with Crippen molar-refractivity contribution in [3.05, 3.63) is 52.5 Å². The third kappa shape index (κ3) is 6.70. The van der Waals surface area contributed by atoms with Crippen LogP contribution in [0.15, 0.2) is 24.3 Å². The molecule has 0 bridgehead atoms. The van der Waals surface area contributed by atoms with E-state index in [9.17, 15) is 19.2 Å². The van der Waals surface area contributed by atoms with Crippen LogP contribution >= 0.6 is 0 Å². The number of carbonyl (C=O) groups is 2. The first-order chi connectivity index (χ1) is 16.7. The highest BCUT2D eigenvalue weighted by Gasteiger charge is 2.28. The molecular formula is C27H36FN5O2. The van der Waals surface area contributed by atoms with E-state index in [1.54, 1.807) is 12.1 Å². The topological polar surface area (TPSA) is 90.2 Å². The predicted molar refractivity (Wildman–Crippen MR) is 134 cm³/mol. The van der Waals surface area contributed by atoms with E-state index in [0.29, 0.717) is 24.5 Å². The van der Waals surface area contributed by atoms with Gasteiger partial charge in [-0.15, -0.1) is 0 Å². The summed E-state index contributed by atoms with van der Waals surface area (Å²) in [5.74, 6) is -0.148. The van der Waals surface area contributed by atoms with Crippen molar-refractivity contribution < 1.29 is 14.0 Å². The Balaban J connectivity index is 1.69. The number of halogens is 1. The lowest BCUT2D eigenvalue weighted by atomic mass is 9.96. The highest BCUT2D eigenvalue weighted by Crippen LogP contribution is 2.27. The maximum Gasteiger partial charge on any atom is 0.239 e. The lowest BCUT2D eigenvalue weighted by Crippen LogP contribution is -2.47. The number of hydrogen-bond acceptors (Lipinski definition) is 4. The maximum absolute atomic E-state index is 13.3. The van der Waals surface area contributed by atoms with Crippen LogP contribution in [0.3, 0.4) is 0 Å². The number of piperidine rings is 1. The molecule has 35 heavy (non-hydrogen) atoms. The molecule has 7 nitrogen and oxygen atoms in total. The molecule has 0 spiro atoms. The summed E-state index contributed by atoms with van der Waals surface area (Å²) in [7, 11) is 0. The first-order valence-corrected chi connectivity index (χ1v) is 12.4. The minimum Gasteiger partial charge on any atom is -0.353 e. The summed E-state index contributed by atoms with van der Waals surface area (Å²) in [6.45, 7) is 9.74. The molecule has 1 aliphatic heterocycles. The summed E-state index contributed by atoms with van der Waals surface area (Å²) in [4.78, 5) is 27.7. The Hall–Kier alpha value is -3.18. The molecule has 2 aromatic rings. The molecule has 0 aliphatic carbocycles. The fourth-order valence-corrected chi connectivity index (χ4v) is 4.75. The number of rotatable bonds is 9. The number of nitrogens with zero attached hydrogens (tertiary/aromatic N) is 3. The number of benzene rings is 1. The maximum atomic E-state index is 13.3. The van der Waals surface area contributed by atoms with Gasteiger partial charge in [0.1, 0.15) is 17.7 Å². The van der Waals surface area contributed by atoms with E-state index in [1.165, 1.54) is 12.1 Å². The molecule has 188 valence electrons. The minimum absolute atomic E-state index is 0.0576. The highest BCUT2D eigenvalue weighted by atomic mass is 19.1. The van der Waals surface area contributed by atoms with Crippen molar-refractivity contribution in [2.45, 2.75) is 66.0 Å². The van der Waals surface area contributed by atoms with Crippen molar-refractivity contribution in [2.24, 2.45) is 5.92 Å². The molecule has 2 atom stereocenters. The van der Waals surface area contributed by atoms with Crippen molar-refractivity contribution >= 4 is 17.6 Å². The van der Waals surface area contributed by atoms with Crippen molar-refractivity contribution in [1.82, 2.24) is 14.8 Å². The largest absolute Gasteiger partial charge is 0.353 e. The average molecular weight is 482 g/mol. The van der Waals surface area contributed by atoms with E-state index >= 15 is 0 Å². The number of likely N-dealkylation sites (tertiary alicyclic amines) is 1. The SMILES string of the molecule is CCCC(C)NC(=O)C1CCCN(CC(=O)Nc2c(C#N)c(C)c(C)n2Cc2ccc(F)cc2)C1. The molecular weight excluding hydrogens is 445 g/mol. The van der Waals surface area contributed by atoms with Gasteiger partial charge < -0.3 is 15.2 Å². The first-order valence-electron chi connectivity index (χ1n) is 12.4. The van der Waals surface area contributed by atoms with Crippen LogP contribution in [0, 0.1) is 36.9 Å². The molecule has 1 aliphatic rings. The molecule has 0 radical (unpaired) electrons. The molecule has 2 N–H and O–H groups in total. The van der Waals surface area contributed by atoms with Crippen LogP contribution in [-0.2, 0) is 16.1 Å². The molecule has 2 heterocycles. The number of aromatic nitrogens is 1. The van der Waals surface area contributed by atoms with Crippen LogP contribution in [0.1, 0.15) is 61.9 Å². The van der Waals surface area contributed by atoms with E-state index < -0.39 is 0 Å². The summed E-state index contributed by atoms with van der Waals surface area (Å²) in [5, 5.41) is 15.8. The third-order valence-corrected chi connectivity index (χ3v) is 6.81. The van der Waals surface area contributed by atoms with Crippen LogP contribution in [0.2, 0.25) is 0 Å². The van der Waals surface area contributed by atoms with E-state index in [2.05, 4.69) is 23.6 Å². The van der Waals surface area contributed by atoms with Crippen LogP contribution < -0.4 is 10.6 Å². The van der Waals surface area contributed by atoms with Gasteiger partial charge in [0.05, 0.1) is 18.0 Å². The van der Waals surface area contributed by atoms with E-state index in [-0.39, 0.29) is 36.1 Å². The normalized spacial score (nSPS) is 17.0. The second kappa shape index (κ2) is 12.0. The van der Waals surface area contributed by atoms with Gasteiger partial charge in [0.2, 0.25) is 11.8 Å². The van der Waals surface area contributed by atoms with Crippen LogP contribution in [-0.4, -0.2) is 47.0 Å². The fourth-order valence-electron chi connectivity index (χ4n) is 4.75. The number of anilines is 1. The highest BCUT2D eigenvalue weighted by molar-refractivity contribution is 5.93. The van der Waals surface area contributed by atoms with Crippen LogP contribution in [0.5, 0.6) is 0 Å². The Morgan fingerprint density at radius 2 is 1.97 bits per heavy atom. The number of amides is 2. The first kappa shape index (κ1) is 26.4. The van der Waals surface area contributed by atoms with Gasteiger partial charge in [0.15, 0.2) is 0 Å². The van der Waals surface area contributed by atoms with E-state index in [0.717, 1.165) is 49.0 Å². The Morgan fingerprint density at radius 3 is 2.63 bits per heavy atom. The van der Waals surface area contributed by atoms with Gasteiger partial charge in [-0.2, -0.15) is 5.26 Å². The summed E-state index contributed by atoms with van der Waals surface area (Å²) >= 11 is 0. The Labute approximate surface area is 207 Å². The van der Waals surface area contributed by atoms with Gasteiger partial charge in [0, 0.05) is 24.8 Å². The monoisotopic (exact) mass is 481 g/mol. The van der Waals surface area contributed by atoms with Gasteiger partial charge in [0.25, 0.3) is 0 Å². The average Bonchev–Trinajstić information content (AvgIpc) is 3.04. The lowest BCUT2D eigenvalue weighted by molar-refractivity contribution is -0.128. The van der Waals surface area contributed by atoms with Crippen molar-refractivity contribution in [3.8, 4) is 6.07 Å². The lowest BCUT2D eigenvalue weighted by Gasteiger charge is -2.32. The summed E-state index contributed by atoms with van der Waals surface area (Å²) in [5.41, 5.74) is 2.98. The zero-order valence-corrected chi connectivity index (χ0v) is 21.2. The second-order valence-corrected chi connectivity index (χ2v) is 9.58. The number of nitriles is 1. The van der Waals surface area contributed by atoms with E-state index in [4.69, 9.17) is 0 Å². The second-order valence-electron chi connectivity index (χ2n) is 9.58. The van der Waals surface area contributed by atoms with Crippen LogP contribution in [0.25, 0.3) is 0 Å². The molecule has 0 saturated carbocycles. The van der Waals surface area contributed by atoms with Gasteiger partial charge in [-0.05, 0) is 69.8 Å². The van der Waals surface area contributed by atoms with Crippen molar-refractivity contribution in [3.63, 3.8) is 0 Å². The van der Waals surface area contributed by atoms with Gasteiger partial charge in [-0.3, -0.25) is 14.5 Å². The molecule has 8 heteroatoms. The molecule has 1 aromatic carbocycles. The number of nitrogens with one attached hydrogen (secondary N) is 2. The van der Waals surface area contributed by atoms with Crippen molar-refractivity contribution in [2.75, 3.05) is 25.0 Å². The van der Waals surface area contributed by atoms with Gasteiger partial charge in [-0.25, -0.2) is 4.39 Å². The Bertz CT molecular complexity index is 1090. The smallest absolute Gasteiger partial charge is 0.239 e. The Kier molecular flexibility index (Phi) is 9.05. The van der Waals surface area contributed by atoms with Crippen LogP contribution in [0.4, 0.5) is 10.2 Å². The molecule has 2 amide bonds. The zero-order chi connectivity index (χ0) is 25.5. The number of hydrogen-bond donors (Lipinski definition) is 2. The minimum atomic E-state index is -0.311. The summed E-state index contributed by atoms with van der Waals surface area (Å²) in [6, 6.07) is 8.56. The molecule has 1 saturated heterocycles. The quantitative estimate of drug-likeness (QED) is 0.564. The molecule has 1 fully saturated rings. The standard InChI is InChI=1S/C27H36FN5O2/c1-5-7-18(2)30-27(35)22-8-6-13-32(16-22)17-25(34)31-26-24(14-29)19(3)20(4)33(26)15-21-9-11-23(28)12-10-21/h9-12,18,22H,5-8,13,15-17H2,1-4H3,(H,30,35)(H,31,34). The Morgan fingerprint density at radius 1 is 1.26 bits per heavy atom. The van der Waals surface area contributed by atoms with E-state index in [1.807, 2.05) is 30.2 Å². The fraction of sp³-hybridized carbons (Fsp3) is 0.519. The zero-order valence-electron chi connectivity index (χ0n) is 21.2.